The average Bonchev–Trinajstić information content (AvgIpc) is 2.71. The van der Waals surface area contributed by atoms with Crippen molar-refractivity contribution in [3.05, 3.63) is 76.5 Å². The molecule has 0 saturated heterocycles. The van der Waals surface area contributed by atoms with Gasteiger partial charge in [-0.25, -0.2) is 0 Å². The number of carbonyl (C=O) groups excluding carboxylic acids is 1. The van der Waals surface area contributed by atoms with Crippen LogP contribution in [0.15, 0.2) is 69.9 Å². The van der Waals surface area contributed by atoms with E-state index in [1.165, 1.54) is 30.4 Å². The van der Waals surface area contributed by atoms with Crippen molar-refractivity contribution in [2.24, 2.45) is 0 Å². The van der Waals surface area contributed by atoms with Gasteiger partial charge in [0.1, 0.15) is 11.2 Å². The Kier molecular flexibility index (Phi) is 4.40. The van der Waals surface area contributed by atoms with E-state index in [2.05, 4.69) is 5.32 Å². The number of hydrogen-bond acceptors (Lipinski definition) is 6. The molecule has 1 amide bonds. The zero-order valence-corrected chi connectivity index (χ0v) is 14.9. The van der Waals surface area contributed by atoms with Crippen LogP contribution in [0.25, 0.3) is 28.0 Å². The van der Waals surface area contributed by atoms with Gasteiger partial charge in [-0.1, -0.05) is 12.1 Å². The van der Waals surface area contributed by atoms with Crippen LogP contribution in [-0.4, -0.2) is 21.2 Å². The second-order valence-corrected chi connectivity index (χ2v) is 6.37. The van der Waals surface area contributed by atoms with Crippen LogP contribution in [0.5, 0.6) is 17.2 Å². The molecule has 1 heterocycles. The molecule has 0 aliphatic heterocycles. The van der Waals surface area contributed by atoms with Crippen molar-refractivity contribution in [1.82, 2.24) is 0 Å². The zero-order valence-electron chi connectivity index (χ0n) is 14.9. The Morgan fingerprint density at radius 2 is 1.59 bits per heavy atom. The van der Waals surface area contributed by atoms with Gasteiger partial charge in [-0.15, -0.1) is 0 Å². The van der Waals surface area contributed by atoms with Gasteiger partial charge in [0.05, 0.1) is 10.8 Å². The standard InChI is InChI=1S/C22H15NO6/c24-16-9-12(10-17(25)22(16)28)5-8-20(26)23-13-6-7-19-15(11-13)21(27)14-3-1-2-4-18(14)29-19/h1-11,24-25,28H,(H,23,26)/b8-5+. The fraction of sp³-hybridized carbons (Fsp3) is 0. The number of fused-ring (bicyclic) bond motifs is 2. The van der Waals surface area contributed by atoms with Crippen LogP contribution in [0.1, 0.15) is 5.56 Å². The highest BCUT2D eigenvalue weighted by molar-refractivity contribution is 6.03. The molecule has 0 aliphatic rings. The van der Waals surface area contributed by atoms with Crippen LogP contribution < -0.4 is 10.7 Å². The Morgan fingerprint density at radius 3 is 2.34 bits per heavy atom. The lowest BCUT2D eigenvalue weighted by atomic mass is 10.1. The molecule has 144 valence electrons. The van der Waals surface area contributed by atoms with Crippen molar-refractivity contribution in [2.75, 3.05) is 5.32 Å². The maximum absolute atomic E-state index is 12.7. The highest BCUT2D eigenvalue weighted by Gasteiger charge is 2.09. The number of para-hydroxylation sites is 1. The Labute approximate surface area is 163 Å². The van der Waals surface area contributed by atoms with Gasteiger partial charge < -0.3 is 25.1 Å². The lowest BCUT2D eigenvalue weighted by Gasteiger charge is -2.05. The molecule has 0 radical (unpaired) electrons. The first kappa shape index (κ1) is 18.1. The van der Waals surface area contributed by atoms with E-state index in [1.807, 2.05) is 0 Å². The highest BCUT2D eigenvalue weighted by Crippen LogP contribution is 2.35. The Hall–Kier alpha value is -4.26. The number of benzene rings is 3. The first-order chi connectivity index (χ1) is 13.9. The molecule has 0 atom stereocenters. The number of aromatic hydroxyl groups is 3. The normalized spacial score (nSPS) is 11.3. The number of amides is 1. The molecule has 7 nitrogen and oxygen atoms in total. The number of phenols is 3. The number of anilines is 1. The van der Waals surface area contributed by atoms with Crippen LogP contribution in [0.4, 0.5) is 5.69 Å². The summed E-state index contributed by atoms with van der Waals surface area (Å²) in [7, 11) is 0. The number of carbonyl (C=O) groups is 1. The maximum Gasteiger partial charge on any atom is 0.248 e. The molecule has 1 aromatic heterocycles. The Bertz CT molecular complexity index is 1330. The lowest BCUT2D eigenvalue weighted by molar-refractivity contribution is -0.111. The molecule has 0 aliphatic carbocycles. The molecular formula is C22H15NO6. The van der Waals surface area contributed by atoms with Gasteiger partial charge in [-0.05, 0) is 54.1 Å². The van der Waals surface area contributed by atoms with Crippen molar-refractivity contribution in [2.45, 2.75) is 0 Å². The third-order valence-electron chi connectivity index (χ3n) is 4.36. The van der Waals surface area contributed by atoms with E-state index in [1.54, 1.807) is 36.4 Å². The van der Waals surface area contributed by atoms with Gasteiger partial charge in [0, 0.05) is 11.8 Å². The summed E-state index contributed by atoms with van der Waals surface area (Å²) in [6, 6.07) is 14.1. The van der Waals surface area contributed by atoms with Gasteiger partial charge in [0.25, 0.3) is 0 Å². The summed E-state index contributed by atoms with van der Waals surface area (Å²) in [5.41, 5.74) is 1.44. The van der Waals surface area contributed by atoms with Gasteiger partial charge in [0.2, 0.25) is 11.3 Å². The van der Waals surface area contributed by atoms with Crippen molar-refractivity contribution in [3.63, 3.8) is 0 Å². The summed E-state index contributed by atoms with van der Waals surface area (Å²) in [4.78, 5) is 24.9. The van der Waals surface area contributed by atoms with E-state index in [0.717, 1.165) is 0 Å². The number of phenolic OH excluding ortho intramolecular Hbond substituents is 3. The number of rotatable bonds is 3. The van der Waals surface area contributed by atoms with Crippen LogP contribution in [-0.2, 0) is 4.79 Å². The molecule has 7 heteroatoms. The monoisotopic (exact) mass is 389 g/mol. The minimum absolute atomic E-state index is 0.191. The second-order valence-electron chi connectivity index (χ2n) is 6.37. The molecule has 0 fully saturated rings. The van der Waals surface area contributed by atoms with E-state index in [-0.39, 0.29) is 5.43 Å². The molecule has 29 heavy (non-hydrogen) atoms. The SMILES string of the molecule is O=C(/C=C/c1cc(O)c(O)c(O)c1)Nc1ccc2oc3ccccc3c(=O)c2c1. The molecular weight excluding hydrogens is 374 g/mol. The van der Waals surface area contributed by atoms with E-state index in [0.29, 0.717) is 33.2 Å². The third-order valence-corrected chi connectivity index (χ3v) is 4.36. The largest absolute Gasteiger partial charge is 0.504 e. The molecule has 4 aromatic rings. The van der Waals surface area contributed by atoms with E-state index < -0.39 is 23.2 Å². The summed E-state index contributed by atoms with van der Waals surface area (Å²) in [5, 5.41) is 31.8. The van der Waals surface area contributed by atoms with Crippen molar-refractivity contribution in [1.29, 1.82) is 0 Å². The first-order valence-electron chi connectivity index (χ1n) is 8.62. The molecule has 4 N–H and O–H groups in total. The van der Waals surface area contributed by atoms with Crippen molar-refractivity contribution < 1.29 is 24.5 Å². The number of nitrogens with one attached hydrogen (secondary N) is 1. The van der Waals surface area contributed by atoms with Crippen LogP contribution in [0.2, 0.25) is 0 Å². The lowest BCUT2D eigenvalue weighted by Crippen LogP contribution is -2.09. The van der Waals surface area contributed by atoms with Gasteiger partial charge >= 0.3 is 0 Å². The quantitative estimate of drug-likeness (QED) is 0.241. The predicted octanol–water partition coefficient (Wildman–Crippen LogP) is 3.71. The van der Waals surface area contributed by atoms with Crippen LogP contribution in [0, 0.1) is 0 Å². The van der Waals surface area contributed by atoms with E-state index >= 15 is 0 Å². The van der Waals surface area contributed by atoms with Crippen molar-refractivity contribution in [3.8, 4) is 17.2 Å². The topological polar surface area (TPSA) is 120 Å². The fourth-order valence-corrected chi connectivity index (χ4v) is 2.96. The summed E-state index contributed by atoms with van der Waals surface area (Å²) < 4.78 is 5.73. The summed E-state index contributed by atoms with van der Waals surface area (Å²) in [6.07, 6.45) is 2.55. The molecule has 0 spiro atoms. The zero-order chi connectivity index (χ0) is 20.5. The smallest absolute Gasteiger partial charge is 0.248 e. The fourth-order valence-electron chi connectivity index (χ4n) is 2.96. The molecule has 4 rings (SSSR count). The third kappa shape index (κ3) is 3.49. The minimum atomic E-state index is -0.630. The summed E-state index contributed by atoms with van der Waals surface area (Å²) in [5.74, 6) is -2.12. The Balaban J connectivity index is 1.60. The molecule has 0 bridgehead atoms. The van der Waals surface area contributed by atoms with Gasteiger partial charge in [0.15, 0.2) is 17.2 Å². The second kappa shape index (κ2) is 7.05. The summed E-state index contributed by atoms with van der Waals surface area (Å²) >= 11 is 0. The number of hydrogen-bond donors (Lipinski definition) is 4. The molecule has 0 unspecified atom stereocenters. The summed E-state index contributed by atoms with van der Waals surface area (Å²) in [6.45, 7) is 0. The van der Waals surface area contributed by atoms with Gasteiger partial charge in [-0.2, -0.15) is 0 Å². The highest BCUT2D eigenvalue weighted by atomic mass is 16.3. The minimum Gasteiger partial charge on any atom is -0.504 e. The first-order valence-corrected chi connectivity index (χ1v) is 8.62. The maximum atomic E-state index is 12.7. The van der Waals surface area contributed by atoms with Crippen molar-refractivity contribution >= 4 is 39.6 Å². The van der Waals surface area contributed by atoms with E-state index in [4.69, 9.17) is 4.42 Å². The van der Waals surface area contributed by atoms with Crippen LogP contribution in [0.3, 0.4) is 0 Å². The molecule has 0 saturated carbocycles. The predicted molar refractivity (Wildman–Crippen MR) is 109 cm³/mol. The Morgan fingerprint density at radius 1 is 0.897 bits per heavy atom. The van der Waals surface area contributed by atoms with Gasteiger partial charge in [-0.3, -0.25) is 9.59 Å². The average molecular weight is 389 g/mol. The van der Waals surface area contributed by atoms with E-state index in [9.17, 15) is 24.9 Å². The van der Waals surface area contributed by atoms with Crippen LogP contribution >= 0.6 is 0 Å². The molecule has 3 aromatic carbocycles.